The standard InChI is InChI=1S/C23H29FN4O4/c1-15(29)25-19-9-8-18(32-3)10-20(19)26-23(31)14-28-12-21(22(30)13-28)27(2)11-16-4-6-17(24)7-5-16/h4-10,21-22,30H,11-14H2,1-3H3,(H,25,29)(H,26,31)/t21-,22-/m0/s1. The smallest absolute Gasteiger partial charge is 0.238 e. The molecule has 0 spiro atoms. The van der Waals surface area contributed by atoms with Gasteiger partial charge in [0.1, 0.15) is 11.6 Å². The van der Waals surface area contributed by atoms with Crippen LogP contribution in [0.25, 0.3) is 0 Å². The molecule has 0 saturated carbocycles. The van der Waals surface area contributed by atoms with Gasteiger partial charge in [-0.05, 0) is 36.9 Å². The van der Waals surface area contributed by atoms with E-state index in [-0.39, 0.29) is 30.2 Å². The van der Waals surface area contributed by atoms with Crippen molar-refractivity contribution in [1.29, 1.82) is 0 Å². The van der Waals surface area contributed by atoms with Gasteiger partial charge < -0.3 is 20.5 Å². The van der Waals surface area contributed by atoms with Crippen molar-refractivity contribution in [2.45, 2.75) is 25.6 Å². The quantitative estimate of drug-likeness (QED) is 0.576. The topological polar surface area (TPSA) is 94.1 Å². The number of ether oxygens (including phenoxy) is 1. The molecule has 0 aromatic heterocycles. The second kappa shape index (κ2) is 10.5. The number of likely N-dealkylation sites (tertiary alicyclic amines) is 1. The lowest BCUT2D eigenvalue weighted by Crippen LogP contribution is -2.40. The highest BCUT2D eigenvalue weighted by Crippen LogP contribution is 2.27. The lowest BCUT2D eigenvalue weighted by Gasteiger charge is -2.26. The number of amides is 2. The van der Waals surface area contributed by atoms with Crippen LogP contribution >= 0.6 is 0 Å². The van der Waals surface area contributed by atoms with E-state index >= 15 is 0 Å². The van der Waals surface area contributed by atoms with Crippen molar-refractivity contribution >= 4 is 23.2 Å². The molecule has 1 aliphatic rings. The third-order valence-corrected chi connectivity index (χ3v) is 5.42. The number of methoxy groups -OCH3 is 1. The summed E-state index contributed by atoms with van der Waals surface area (Å²) in [6.45, 7) is 2.93. The van der Waals surface area contributed by atoms with E-state index in [1.807, 2.05) is 16.8 Å². The maximum absolute atomic E-state index is 13.1. The Hall–Kier alpha value is -3.01. The van der Waals surface area contributed by atoms with E-state index in [1.54, 1.807) is 30.3 Å². The zero-order valence-corrected chi connectivity index (χ0v) is 18.5. The Bertz CT molecular complexity index is 954. The molecule has 2 aromatic carbocycles. The summed E-state index contributed by atoms with van der Waals surface area (Å²) in [5.74, 6) is -0.250. The average Bonchev–Trinajstić information content (AvgIpc) is 3.10. The third kappa shape index (κ3) is 6.25. The highest BCUT2D eigenvalue weighted by Gasteiger charge is 2.34. The van der Waals surface area contributed by atoms with E-state index < -0.39 is 6.10 Å². The number of aliphatic hydroxyl groups is 1. The van der Waals surface area contributed by atoms with Gasteiger partial charge in [0.2, 0.25) is 11.8 Å². The molecule has 0 radical (unpaired) electrons. The Morgan fingerprint density at radius 3 is 2.53 bits per heavy atom. The van der Waals surface area contributed by atoms with Gasteiger partial charge >= 0.3 is 0 Å². The van der Waals surface area contributed by atoms with Crippen LogP contribution in [0.5, 0.6) is 5.75 Å². The van der Waals surface area contributed by atoms with Crippen LogP contribution in [-0.4, -0.2) is 72.7 Å². The molecule has 2 atom stereocenters. The highest BCUT2D eigenvalue weighted by atomic mass is 19.1. The molecule has 1 aliphatic heterocycles. The zero-order chi connectivity index (χ0) is 23.3. The number of aliphatic hydroxyl groups excluding tert-OH is 1. The number of halogens is 1. The lowest BCUT2D eigenvalue weighted by atomic mass is 10.1. The maximum atomic E-state index is 13.1. The van der Waals surface area contributed by atoms with Gasteiger partial charge in [-0.15, -0.1) is 0 Å². The van der Waals surface area contributed by atoms with Crippen molar-refractivity contribution in [3.63, 3.8) is 0 Å². The number of carbonyl (C=O) groups is 2. The summed E-state index contributed by atoms with van der Waals surface area (Å²) in [4.78, 5) is 28.0. The zero-order valence-electron chi connectivity index (χ0n) is 18.5. The summed E-state index contributed by atoms with van der Waals surface area (Å²) >= 11 is 0. The van der Waals surface area contributed by atoms with E-state index in [0.717, 1.165) is 5.56 Å². The average molecular weight is 445 g/mol. The molecule has 3 N–H and O–H groups in total. The molecule has 1 fully saturated rings. The summed E-state index contributed by atoms with van der Waals surface area (Å²) in [6, 6.07) is 11.1. The van der Waals surface area contributed by atoms with Crippen molar-refractivity contribution < 1.29 is 23.8 Å². The number of hydrogen-bond donors (Lipinski definition) is 3. The monoisotopic (exact) mass is 444 g/mol. The van der Waals surface area contributed by atoms with Crippen LogP contribution in [0.3, 0.4) is 0 Å². The van der Waals surface area contributed by atoms with Gasteiger partial charge in [0.25, 0.3) is 0 Å². The Labute approximate surface area is 187 Å². The number of rotatable bonds is 8. The SMILES string of the molecule is COc1ccc(NC(C)=O)c(NC(=O)CN2C[C@H](O)[C@@H](N(C)Cc3ccc(F)cc3)C2)c1. The molecule has 3 rings (SSSR count). The molecule has 1 saturated heterocycles. The van der Waals surface area contributed by atoms with E-state index in [0.29, 0.717) is 36.8 Å². The van der Waals surface area contributed by atoms with Gasteiger partial charge in [-0.25, -0.2) is 4.39 Å². The number of nitrogens with one attached hydrogen (secondary N) is 2. The van der Waals surface area contributed by atoms with E-state index in [1.165, 1.54) is 26.2 Å². The molecule has 2 aromatic rings. The minimum Gasteiger partial charge on any atom is -0.497 e. The van der Waals surface area contributed by atoms with E-state index in [4.69, 9.17) is 4.74 Å². The van der Waals surface area contributed by atoms with Gasteiger partial charge in [0.05, 0.1) is 31.1 Å². The molecular formula is C23H29FN4O4. The van der Waals surface area contributed by atoms with Gasteiger partial charge in [-0.3, -0.25) is 19.4 Å². The van der Waals surface area contributed by atoms with Crippen molar-refractivity contribution in [3.05, 3.63) is 53.8 Å². The first-order valence-corrected chi connectivity index (χ1v) is 10.4. The van der Waals surface area contributed by atoms with E-state index in [9.17, 15) is 19.1 Å². The molecular weight excluding hydrogens is 415 g/mol. The summed E-state index contributed by atoms with van der Waals surface area (Å²) in [5.41, 5.74) is 1.86. The van der Waals surface area contributed by atoms with Gasteiger partial charge in [0, 0.05) is 38.7 Å². The first kappa shape index (κ1) is 23.6. The molecule has 0 bridgehead atoms. The molecule has 172 valence electrons. The van der Waals surface area contributed by atoms with Crippen LogP contribution < -0.4 is 15.4 Å². The van der Waals surface area contributed by atoms with Crippen molar-refractivity contribution in [2.75, 3.05) is 44.4 Å². The number of likely N-dealkylation sites (N-methyl/N-ethyl adjacent to an activating group) is 1. The number of carbonyl (C=O) groups excluding carboxylic acids is 2. The first-order chi connectivity index (χ1) is 15.2. The van der Waals surface area contributed by atoms with Gasteiger partial charge in [-0.1, -0.05) is 12.1 Å². The summed E-state index contributed by atoms with van der Waals surface area (Å²) < 4.78 is 18.3. The fourth-order valence-corrected chi connectivity index (χ4v) is 3.85. The van der Waals surface area contributed by atoms with Crippen LogP contribution in [0.4, 0.5) is 15.8 Å². The normalized spacial score (nSPS) is 18.6. The molecule has 0 aliphatic carbocycles. The Morgan fingerprint density at radius 1 is 1.16 bits per heavy atom. The predicted molar refractivity (Wildman–Crippen MR) is 120 cm³/mol. The minimum absolute atomic E-state index is 0.0919. The summed E-state index contributed by atoms with van der Waals surface area (Å²) in [6.07, 6.45) is -0.611. The molecule has 8 nitrogen and oxygen atoms in total. The van der Waals surface area contributed by atoms with Crippen molar-refractivity contribution in [3.8, 4) is 5.75 Å². The molecule has 1 heterocycles. The number of nitrogens with zero attached hydrogens (tertiary/aromatic N) is 2. The molecule has 9 heteroatoms. The van der Waals surface area contributed by atoms with Crippen LogP contribution in [-0.2, 0) is 16.1 Å². The maximum Gasteiger partial charge on any atom is 0.238 e. The number of anilines is 2. The fourth-order valence-electron chi connectivity index (χ4n) is 3.85. The van der Waals surface area contributed by atoms with Crippen LogP contribution in [0.1, 0.15) is 12.5 Å². The summed E-state index contributed by atoms with van der Waals surface area (Å²) in [5, 5.41) is 16.0. The van der Waals surface area contributed by atoms with E-state index in [2.05, 4.69) is 10.6 Å². The van der Waals surface area contributed by atoms with Crippen LogP contribution in [0.2, 0.25) is 0 Å². The van der Waals surface area contributed by atoms with Gasteiger partial charge in [-0.2, -0.15) is 0 Å². The van der Waals surface area contributed by atoms with Gasteiger partial charge in [0.15, 0.2) is 0 Å². The molecule has 0 unspecified atom stereocenters. The third-order valence-electron chi connectivity index (χ3n) is 5.42. The second-order valence-corrected chi connectivity index (χ2v) is 8.01. The lowest BCUT2D eigenvalue weighted by molar-refractivity contribution is -0.117. The summed E-state index contributed by atoms with van der Waals surface area (Å²) in [7, 11) is 3.42. The number of benzene rings is 2. The number of hydrogen-bond acceptors (Lipinski definition) is 6. The van der Waals surface area contributed by atoms with Crippen molar-refractivity contribution in [2.24, 2.45) is 0 Å². The molecule has 32 heavy (non-hydrogen) atoms. The Kier molecular flexibility index (Phi) is 7.79. The number of β-amino-alcohol motifs (C(OH)–C–C–N with tert-alkyl or cyclic N) is 1. The van der Waals surface area contributed by atoms with Crippen LogP contribution in [0.15, 0.2) is 42.5 Å². The Morgan fingerprint density at radius 2 is 1.88 bits per heavy atom. The highest BCUT2D eigenvalue weighted by molar-refractivity contribution is 5.99. The first-order valence-electron chi connectivity index (χ1n) is 10.4. The fraction of sp³-hybridized carbons (Fsp3) is 0.391. The largest absolute Gasteiger partial charge is 0.497 e. The van der Waals surface area contributed by atoms with Crippen LogP contribution in [0, 0.1) is 5.82 Å². The van der Waals surface area contributed by atoms with Crippen molar-refractivity contribution in [1.82, 2.24) is 9.80 Å². The Balaban J connectivity index is 1.59. The molecule has 2 amide bonds. The minimum atomic E-state index is -0.611. The second-order valence-electron chi connectivity index (χ2n) is 8.01. The predicted octanol–water partition coefficient (Wildman–Crippen LogP) is 1.91.